The van der Waals surface area contributed by atoms with E-state index in [0.29, 0.717) is 18.1 Å². The van der Waals surface area contributed by atoms with Crippen LogP contribution in [-0.2, 0) is 0 Å². The van der Waals surface area contributed by atoms with Gasteiger partial charge in [0.1, 0.15) is 6.61 Å². The SMILES string of the molecule is C=CCOc1c(Br)cc(C=Nc2ccc(C)cc2)cc1OC. The maximum absolute atomic E-state index is 5.60. The fourth-order valence-corrected chi connectivity index (χ4v) is 2.45. The first-order valence-corrected chi connectivity index (χ1v) is 7.65. The Morgan fingerprint density at radius 3 is 2.59 bits per heavy atom. The summed E-state index contributed by atoms with van der Waals surface area (Å²) in [6.45, 7) is 6.12. The van der Waals surface area contributed by atoms with Gasteiger partial charge in [-0.2, -0.15) is 0 Å². The smallest absolute Gasteiger partial charge is 0.175 e. The lowest BCUT2D eigenvalue weighted by atomic mass is 10.2. The van der Waals surface area contributed by atoms with Crippen LogP contribution >= 0.6 is 15.9 Å². The molecule has 3 nitrogen and oxygen atoms in total. The lowest BCUT2D eigenvalue weighted by Gasteiger charge is -2.12. The molecule has 0 amide bonds. The molecule has 0 aromatic heterocycles. The highest BCUT2D eigenvalue weighted by Crippen LogP contribution is 2.36. The van der Waals surface area contributed by atoms with Crippen LogP contribution in [0.5, 0.6) is 11.5 Å². The number of methoxy groups -OCH3 is 1. The fraction of sp³-hybridized carbons (Fsp3) is 0.167. The molecule has 0 aliphatic carbocycles. The Labute approximate surface area is 139 Å². The van der Waals surface area contributed by atoms with Crippen LogP contribution in [0.25, 0.3) is 0 Å². The molecule has 0 saturated carbocycles. The van der Waals surface area contributed by atoms with Crippen LogP contribution in [0.2, 0.25) is 0 Å². The Kier molecular flexibility index (Phi) is 5.78. The Morgan fingerprint density at radius 2 is 1.95 bits per heavy atom. The van der Waals surface area contributed by atoms with E-state index in [1.165, 1.54) is 5.56 Å². The van der Waals surface area contributed by atoms with Crippen LogP contribution in [0.4, 0.5) is 5.69 Å². The summed E-state index contributed by atoms with van der Waals surface area (Å²) in [5.74, 6) is 1.32. The van der Waals surface area contributed by atoms with Crippen LogP contribution in [0.1, 0.15) is 11.1 Å². The highest BCUT2D eigenvalue weighted by molar-refractivity contribution is 9.10. The van der Waals surface area contributed by atoms with E-state index in [0.717, 1.165) is 15.7 Å². The first kappa shape index (κ1) is 16.3. The van der Waals surface area contributed by atoms with Gasteiger partial charge in [0.25, 0.3) is 0 Å². The summed E-state index contributed by atoms with van der Waals surface area (Å²) in [6, 6.07) is 11.9. The quantitative estimate of drug-likeness (QED) is 0.531. The molecule has 0 radical (unpaired) electrons. The Balaban J connectivity index is 2.26. The maximum atomic E-state index is 5.60. The van der Waals surface area contributed by atoms with E-state index in [4.69, 9.17) is 9.47 Å². The van der Waals surface area contributed by atoms with E-state index in [1.54, 1.807) is 19.4 Å². The average molecular weight is 360 g/mol. The van der Waals surface area contributed by atoms with Crippen molar-refractivity contribution in [2.75, 3.05) is 13.7 Å². The zero-order valence-corrected chi connectivity index (χ0v) is 14.3. The third-order valence-electron chi connectivity index (χ3n) is 2.99. The molecular weight excluding hydrogens is 342 g/mol. The van der Waals surface area contributed by atoms with Crippen LogP contribution in [-0.4, -0.2) is 19.9 Å². The highest BCUT2D eigenvalue weighted by Gasteiger charge is 2.10. The molecule has 0 heterocycles. The summed E-state index contributed by atoms with van der Waals surface area (Å²) in [5.41, 5.74) is 3.05. The third kappa shape index (κ3) is 4.21. The summed E-state index contributed by atoms with van der Waals surface area (Å²) in [6.07, 6.45) is 3.49. The minimum Gasteiger partial charge on any atom is -0.493 e. The van der Waals surface area contributed by atoms with Gasteiger partial charge in [0.2, 0.25) is 0 Å². The van der Waals surface area contributed by atoms with E-state index < -0.39 is 0 Å². The molecule has 0 fully saturated rings. The standard InChI is InChI=1S/C18H18BrNO2/c1-4-9-22-18-16(19)10-14(11-17(18)21-3)12-20-15-7-5-13(2)6-8-15/h4-8,10-12H,1,9H2,2-3H3. The molecule has 0 spiro atoms. The molecule has 22 heavy (non-hydrogen) atoms. The van der Waals surface area contributed by atoms with Crippen LogP contribution in [0, 0.1) is 6.92 Å². The van der Waals surface area contributed by atoms with E-state index in [9.17, 15) is 0 Å². The molecular formula is C18H18BrNO2. The van der Waals surface area contributed by atoms with Gasteiger partial charge in [-0.1, -0.05) is 30.4 Å². The van der Waals surface area contributed by atoms with Crippen molar-refractivity contribution in [1.82, 2.24) is 0 Å². The first-order valence-electron chi connectivity index (χ1n) is 6.86. The van der Waals surface area contributed by atoms with E-state index in [-0.39, 0.29) is 0 Å². The minimum absolute atomic E-state index is 0.422. The van der Waals surface area contributed by atoms with Crippen molar-refractivity contribution in [3.05, 3.63) is 64.7 Å². The monoisotopic (exact) mass is 359 g/mol. The lowest BCUT2D eigenvalue weighted by molar-refractivity contribution is 0.324. The third-order valence-corrected chi connectivity index (χ3v) is 3.58. The first-order chi connectivity index (χ1) is 10.6. The summed E-state index contributed by atoms with van der Waals surface area (Å²) in [7, 11) is 1.61. The number of benzene rings is 2. The summed E-state index contributed by atoms with van der Waals surface area (Å²) in [5, 5.41) is 0. The van der Waals surface area contributed by atoms with Gasteiger partial charge in [-0.05, 0) is 52.7 Å². The van der Waals surface area contributed by atoms with Gasteiger partial charge in [0.05, 0.1) is 17.3 Å². The molecule has 4 heteroatoms. The second-order valence-electron chi connectivity index (χ2n) is 4.73. The molecule has 0 unspecified atom stereocenters. The average Bonchev–Trinajstić information content (AvgIpc) is 2.53. The minimum atomic E-state index is 0.422. The van der Waals surface area contributed by atoms with Crippen LogP contribution in [0.15, 0.2) is 58.5 Å². The molecule has 0 N–H and O–H groups in total. The summed E-state index contributed by atoms with van der Waals surface area (Å²) < 4.78 is 11.8. The number of nitrogens with zero attached hydrogens (tertiary/aromatic N) is 1. The number of hydrogen-bond donors (Lipinski definition) is 0. The zero-order chi connectivity index (χ0) is 15.9. The number of aliphatic imine (C=N–C) groups is 1. The number of ether oxygens (including phenoxy) is 2. The van der Waals surface area contributed by atoms with Crippen molar-refractivity contribution in [2.24, 2.45) is 4.99 Å². The van der Waals surface area contributed by atoms with E-state index in [1.807, 2.05) is 36.4 Å². The van der Waals surface area contributed by atoms with Crippen molar-refractivity contribution in [2.45, 2.75) is 6.92 Å². The van der Waals surface area contributed by atoms with Crippen molar-refractivity contribution < 1.29 is 9.47 Å². The molecule has 2 aromatic rings. The molecule has 114 valence electrons. The van der Waals surface area contributed by atoms with Crippen molar-refractivity contribution in [1.29, 1.82) is 0 Å². The maximum Gasteiger partial charge on any atom is 0.175 e. The Bertz CT molecular complexity index is 678. The predicted octanol–water partition coefficient (Wildman–Crippen LogP) is 5.08. The zero-order valence-electron chi connectivity index (χ0n) is 12.7. The largest absolute Gasteiger partial charge is 0.493 e. The van der Waals surface area contributed by atoms with Gasteiger partial charge < -0.3 is 9.47 Å². The van der Waals surface area contributed by atoms with Gasteiger partial charge in [-0.3, -0.25) is 4.99 Å². The Hall–Kier alpha value is -2.07. The molecule has 0 aliphatic rings. The van der Waals surface area contributed by atoms with Gasteiger partial charge in [-0.25, -0.2) is 0 Å². The predicted molar refractivity (Wildman–Crippen MR) is 94.8 cm³/mol. The molecule has 0 atom stereocenters. The van der Waals surface area contributed by atoms with Gasteiger partial charge in [-0.15, -0.1) is 0 Å². The van der Waals surface area contributed by atoms with Gasteiger partial charge >= 0.3 is 0 Å². The topological polar surface area (TPSA) is 30.8 Å². The normalized spacial score (nSPS) is 10.7. The van der Waals surface area contributed by atoms with Crippen LogP contribution in [0.3, 0.4) is 0 Å². The highest BCUT2D eigenvalue weighted by atomic mass is 79.9. The summed E-state index contributed by atoms with van der Waals surface area (Å²) in [4.78, 5) is 4.47. The van der Waals surface area contributed by atoms with Crippen LogP contribution < -0.4 is 9.47 Å². The van der Waals surface area contributed by atoms with Crippen molar-refractivity contribution in [3.63, 3.8) is 0 Å². The summed E-state index contributed by atoms with van der Waals surface area (Å²) >= 11 is 3.50. The Morgan fingerprint density at radius 1 is 1.23 bits per heavy atom. The number of halogens is 1. The van der Waals surface area contributed by atoms with E-state index >= 15 is 0 Å². The number of rotatable bonds is 6. The molecule has 0 bridgehead atoms. The number of aryl methyl sites for hydroxylation is 1. The molecule has 2 rings (SSSR count). The lowest BCUT2D eigenvalue weighted by Crippen LogP contribution is -1.98. The molecule has 2 aromatic carbocycles. The van der Waals surface area contributed by atoms with Gasteiger partial charge in [0.15, 0.2) is 11.5 Å². The van der Waals surface area contributed by atoms with Gasteiger partial charge in [0, 0.05) is 6.21 Å². The molecule has 0 saturated heterocycles. The second-order valence-corrected chi connectivity index (χ2v) is 5.58. The second kappa shape index (κ2) is 7.80. The number of hydrogen-bond acceptors (Lipinski definition) is 3. The van der Waals surface area contributed by atoms with Crippen molar-refractivity contribution >= 4 is 27.8 Å². The molecule has 0 aliphatic heterocycles. The van der Waals surface area contributed by atoms with E-state index in [2.05, 4.69) is 34.4 Å². The fourth-order valence-electron chi connectivity index (χ4n) is 1.88. The van der Waals surface area contributed by atoms with Crippen molar-refractivity contribution in [3.8, 4) is 11.5 Å².